The van der Waals surface area contributed by atoms with Gasteiger partial charge in [0.25, 0.3) is 0 Å². The van der Waals surface area contributed by atoms with Crippen molar-refractivity contribution in [2.24, 2.45) is 21.7 Å². The molecule has 2 aliphatic rings. The maximum absolute atomic E-state index is 11.1. The van der Waals surface area contributed by atoms with Gasteiger partial charge in [-0.1, -0.05) is 89.1 Å². The van der Waals surface area contributed by atoms with Crippen molar-refractivity contribution >= 4 is 0 Å². The zero-order valence-corrected chi connectivity index (χ0v) is 17.2. The zero-order chi connectivity index (χ0) is 19.3. The molecule has 0 saturated heterocycles. The van der Waals surface area contributed by atoms with Crippen molar-refractivity contribution in [3.63, 3.8) is 0 Å². The first-order valence-electron chi connectivity index (χ1n) is 9.37. The Hall–Kier alpha value is -1.12. The third-order valence-electron chi connectivity index (χ3n) is 6.56. The highest BCUT2D eigenvalue weighted by Gasteiger charge is 2.56. The van der Waals surface area contributed by atoms with E-state index in [1.54, 1.807) is 0 Å². The highest BCUT2D eigenvalue weighted by atomic mass is 16.3. The summed E-state index contributed by atoms with van der Waals surface area (Å²) in [6, 6.07) is 0. The summed E-state index contributed by atoms with van der Waals surface area (Å²) < 4.78 is 0. The molecule has 0 bridgehead atoms. The average molecular weight is 345 g/mol. The molecule has 0 amide bonds. The molecule has 0 aromatic heterocycles. The van der Waals surface area contributed by atoms with E-state index in [0.29, 0.717) is 6.42 Å². The van der Waals surface area contributed by atoms with Gasteiger partial charge in [0.05, 0.1) is 12.2 Å². The van der Waals surface area contributed by atoms with Crippen LogP contribution in [-0.2, 0) is 0 Å². The fourth-order valence-electron chi connectivity index (χ4n) is 4.39. The highest BCUT2D eigenvalue weighted by Crippen LogP contribution is 2.59. The van der Waals surface area contributed by atoms with Crippen molar-refractivity contribution in [2.45, 2.75) is 74.0 Å². The molecule has 0 aliphatic heterocycles. The minimum Gasteiger partial charge on any atom is -0.388 e. The molecule has 4 unspecified atom stereocenters. The second-order valence-corrected chi connectivity index (χ2v) is 10.1. The molecule has 0 fully saturated rings. The van der Waals surface area contributed by atoms with Gasteiger partial charge in [0.1, 0.15) is 0 Å². The van der Waals surface area contributed by atoms with E-state index in [4.69, 9.17) is 0 Å². The molecule has 25 heavy (non-hydrogen) atoms. The van der Waals surface area contributed by atoms with Gasteiger partial charge in [-0.25, -0.2) is 0 Å². The molecule has 0 spiro atoms. The molecule has 0 aromatic rings. The molecule has 2 rings (SSSR count). The van der Waals surface area contributed by atoms with Crippen LogP contribution in [0.2, 0.25) is 0 Å². The van der Waals surface area contributed by atoms with Crippen LogP contribution >= 0.6 is 0 Å². The number of rotatable bonds is 2. The second kappa shape index (κ2) is 6.25. The lowest BCUT2D eigenvalue weighted by molar-refractivity contribution is -0.0800. The van der Waals surface area contributed by atoms with Gasteiger partial charge in [-0.3, -0.25) is 0 Å². The second-order valence-electron chi connectivity index (χ2n) is 10.1. The Bertz CT molecular complexity index is 580. The molecule has 2 nitrogen and oxygen atoms in total. The summed E-state index contributed by atoms with van der Waals surface area (Å²) in [7, 11) is 0. The standard InChI is InChI=1S/C23H36O2/c1-16-9-11-22(18(24)13-16,20(3,4)5)15-23(21(6,7)8)12-10-17(2)14-19(23)25/h9-14,18-19,24-25H,15H2,1-8H3. The van der Waals surface area contributed by atoms with Gasteiger partial charge in [-0.15, -0.1) is 0 Å². The number of hydrogen-bond acceptors (Lipinski definition) is 2. The number of aliphatic hydroxyl groups excluding tert-OH is 2. The summed E-state index contributed by atoms with van der Waals surface area (Å²) in [6.07, 6.45) is 12.1. The topological polar surface area (TPSA) is 40.5 Å². The summed E-state index contributed by atoms with van der Waals surface area (Å²) in [5.41, 5.74) is 0.999. The van der Waals surface area contributed by atoms with Crippen LogP contribution in [0.4, 0.5) is 0 Å². The van der Waals surface area contributed by atoms with Crippen molar-refractivity contribution in [2.75, 3.05) is 0 Å². The molecule has 0 radical (unpaired) electrons. The summed E-state index contributed by atoms with van der Waals surface area (Å²) in [6.45, 7) is 17.2. The first-order valence-corrected chi connectivity index (χ1v) is 9.37. The molecule has 4 atom stereocenters. The number of hydrogen-bond donors (Lipinski definition) is 2. The Morgan fingerprint density at radius 1 is 0.760 bits per heavy atom. The van der Waals surface area contributed by atoms with E-state index in [1.165, 1.54) is 0 Å². The molecule has 2 aliphatic carbocycles. The van der Waals surface area contributed by atoms with E-state index in [1.807, 2.05) is 26.0 Å². The predicted molar refractivity (Wildman–Crippen MR) is 106 cm³/mol. The summed E-state index contributed by atoms with van der Waals surface area (Å²) in [5, 5.41) is 22.3. The first-order chi connectivity index (χ1) is 11.3. The summed E-state index contributed by atoms with van der Waals surface area (Å²) in [5.74, 6) is 0. The van der Waals surface area contributed by atoms with Crippen LogP contribution in [0.3, 0.4) is 0 Å². The normalized spacial score (nSPS) is 36.2. The lowest BCUT2D eigenvalue weighted by atomic mass is 9.49. The van der Waals surface area contributed by atoms with E-state index in [-0.39, 0.29) is 10.8 Å². The van der Waals surface area contributed by atoms with Gasteiger partial charge < -0.3 is 10.2 Å². The Morgan fingerprint density at radius 3 is 1.32 bits per heavy atom. The van der Waals surface area contributed by atoms with E-state index >= 15 is 0 Å². The van der Waals surface area contributed by atoms with Crippen molar-refractivity contribution in [3.05, 3.63) is 47.6 Å². The van der Waals surface area contributed by atoms with E-state index in [2.05, 4.69) is 65.8 Å². The molecule has 2 heteroatoms. The highest BCUT2D eigenvalue weighted by molar-refractivity contribution is 5.35. The monoisotopic (exact) mass is 344 g/mol. The van der Waals surface area contributed by atoms with Gasteiger partial charge in [0.15, 0.2) is 0 Å². The number of allylic oxidation sites excluding steroid dienone is 4. The fraction of sp³-hybridized carbons (Fsp3) is 0.652. The van der Waals surface area contributed by atoms with Crippen LogP contribution in [0.15, 0.2) is 47.6 Å². The Kier molecular flexibility index (Phi) is 5.04. The maximum Gasteiger partial charge on any atom is 0.0822 e. The Labute approximate surface area is 154 Å². The average Bonchev–Trinajstić information content (AvgIpc) is 2.42. The van der Waals surface area contributed by atoms with Gasteiger partial charge in [-0.05, 0) is 31.1 Å². The van der Waals surface area contributed by atoms with Crippen molar-refractivity contribution in [1.82, 2.24) is 0 Å². The van der Waals surface area contributed by atoms with E-state index in [0.717, 1.165) is 11.1 Å². The molecule has 0 heterocycles. The van der Waals surface area contributed by atoms with Crippen LogP contribution in [0.1, 0.15) is 61.8 Å². The minimum absolute atomic E-state index is 0.151. The molecular weight excluding hydrogens is 308 g/mol. The first kappa shape index (κ1) is 20.2. The maximum atomic E-state index is 11.1. The van der Waals surface area contributed by atoms with Crippen LogP contribution in [0.25, 0.3) is 0 Å². The Balaban J connectivity index is 2.61. The largest absolute Gasteiger partial charge is 0.388 e. The van der Waals surface area contributed by atoms with Gasteiger partial charge in [0, 0.05) is 10.8 Å². The predicted octanol–water partition coefficient (Wildman–Crippen LogP) is 5.20. The number of aliphatic hydroxyl groups is 2. The van der Waals surface area contributed by atoms with Gasteiger partial charge >= 0.3 is 0 Å². The van der Waals surface area contributed by atoms with Crippen molar-refractivity contribution in [3.8, 4) is 0 Å². The quantitative estimate of drug-likeness (QED) is 0.723. The lowest BCUT2D eigenvalue weighted by Gasteiger charge is -2.56. The van der Waals surface area contributed by atoms with Crippen LogP contribution in [0.5, 0.6) is 0 Å². The Morgan fingerprint density at radius 2 is 1.08 bits per heavy atom. The van der Waals surface area contributed by atoms with Crippen LogP contribution in [0, 0.1) is 21.7 Å². The molecule has 140 valence electrons. The zero-order valence-electron chi connectivity index (χ0n) is 17.2. The van der Waals surface area contributed by atoms with E-state index < -0.39 is 23.0 Å². The lowest BCUT2D eigenvalue weighted by Crippen LogP contribution is -2.54. The van der Waals surface area contributed by atoms with Crippen molar-refractivity contribution < 1.29 is 10.2 Å². The molecule has 0 saturated carbocycles. The fourth-order valence-corrected chi connectivity index (χ4v) is 4.39. The van der Waals surface area contributed by atoms with E-state index in [9.17, 15) is 10.2 Å². The van der Waals surface area contributed by atoms with Crippen LogP contribution in [-0.4, -0.2) is 22.4 Å². The third-order valence-corrected chi connectivity index (χ3v) is 6.56. The molecule has 0 aromatic carbocycles. The summed E-state index contributed by atoms with van der Waals surface area (Å²) >= 11 is 0. The molecular formula is C23H36O2. The third kappa shape index (κ3) is 3.31. The van der Waals surface area contributed by atoms with Gasteiger partial charge in [-0.2, -0.15) is 0 Å². The van der Waals surface area contributed by atoms with Crippen LogP contribution < -0.4 is 0 Å². The summed E-state index contributed by atoms with van der Waals surface area (Å²) in [4.78, 5) is 0. The minimum atomic E-state index is -0.565. The smallest absolute Gasteiger partial charge is 0.0822 e. The molecule has 2 N–H and O–H groups in total. The van der Waals surface area contributed by atoms with Gasteiger partial charge in [0.2, 0.25) is 0 Å². The SMILES string of the molecule is CC1=CC(O)C(CC2(C(C)(C)C)C=CC(C)=CC2O)(C(C)(C)C)C=C1. The van der Waals surface area contributed by atoms with Crippen molar-refractivity contribution in [1.29, 1.82) is 0 Å².